The second-order valence-corrected chi connectivity index (χ2v) is 6.52. The van der Waals surface area contributed by atoms with Gasteiger partial charge < -0.3 is 10.1 Å². The van der Waals surface area contributed by atoms with E-state index < -0.39 is 0 Å². The zero-order chi connectivity index (χ0) is 14.8. The molecule has 1 aliphatic rings. The molecule has 1 unspecified atom stereocenters. The third-order valence-electron chi connectivity index (χ3n) is 3.78. The summed E-state index contributed by atoms with van der Waals surface area (Å²) in [5.74, 6) is 1.02. The highest BCUT2D eigenvalue weighted by Crippen LogP contribution is 2.33. The van der Waals surface area contributed by atoms with Crippen LogP contribution in [0.25, 0.3) is 0 Å². The zero-order valence-corrected chi connectivity index (χ0v) is 14.2. The lowest BCUT2D eigenvalue weighted by Gasteiger charge is -2.20. The molecule has 0 fully saturated rings. The summed E-state index contributed by atoms with van der Waals surface area (Å²) in [6.45, 7) is 2.97. The first-order chi connectivity index (χ1) is 10.2. The minimum Gasteiger partial charge on any atom is -0.493 e. The van der Waals surface area contributed by atoms with Gasteiger partial charge in [-0.2, -0.15) is 0 Å². The molecule has 0 saturated heterocycles. The topological polar surface area (TPSA) is 21.3 Å². The fourth-order valence-corrected chi connectivity index (χ4v) is 3.17. The maximum atomic E-state index is 6.28. The van der Waals surface area contributed by atoms with Crippen LogP contribution in [0.5, 0.6) is 5.75 Å². The molecule has 110 valence electrons. The highest BCUT2D eigenvalue weighted by Gasteiger charge is 2.16. The molecule has 0 saturated carbocycles. The average Bonchev–Trinajstić information content (AvgIpc) is 2.95. The quantitative estimate of drug-likeness (QED) is 0.760. The second-order valence-electron chi connectivity index (χ2n) is 5.19. The van der Waals surface area contributed by atoms with Gasteiger partial charge in [-0.3, -0.25) is 0 Å². The lowest BCUT2D eigenvalue weighted by molar-refractivity contribution is 0.357. The molecule has 0 aliphatic carbocycles. The predicted molar refractivity (Wildman–Crippen MR) is 91.4 cm³/mol. The molecule has 4 heteroatoms. The third kappa shape index (κ3) is 3.19. The van der Waals surface area contributed by atoms with Crippen molar-refractivity contribution in [2.75, 3.05) is 11.9 Å². The number of halogens is 2. The van der Waals surface area contributed by atoms with Crippen molar-refractivity contribution in [1.29, 1.82) is 0 Å². The van der Waals surface area contributed by atoms with E-state index in [-0.39, 0.29) is 6.04 Å². The normalized spacial score (nSPS) is 14.4. The van der Waals surface area contributed by atoms with Gasteiger partial charge in [0.25, 0.3) is 0 Å². The van der Waals surface area contributed by atoms with Crippen molar-refractivity contribution >= 4 is 33.2 Å². The van der Waals surface area contributed by atoms with Crippen LogP contribution in [0.3, 0.4) is 0 Å². The van der Waals surface area contributed by atoms with Crippen molar-refractivity contribution in [1.82, 2.24) is 0 Å². The van der Waals surface area contributed by atoms with Gasteiger partial charge in [0.2, 0.25) is 0 Å². The molecule has 3 rings (SSSR count). The summed E-state index contributed by atoms with van der Waals surface area (Å²) < 4.78 is 6.59. The molecule has 1 aliphatic heterocycles. The smallest absolute Gasteiger partial charge is 0.122 e. The average molecular weight is 367 g/mol. The summed E-state index contributed by atoms with van der Waals surface area (Å²) in [5, 5.41) is 4.28. The first kappa shape index (κ1) is 14.7. The summed E-state index contributed by atoms with van der Waals surface area (Å²) in [4.78, 5) is 0. The SMILES string of the molecule is CCC(Nc1cc(Br)ccc1Cl)c1ccc2c(c1)CCO2. The monoisotopic (exact) mass is 365 g/mol. The van der Waals surface area contributed by atoms with Crippen molar-refractivity contribution in [3.8, 4) is 5.75 Å². The Balaban J connectivity index is 1.86. The first-order valence-electron chi connectivity index (χ1n) is 7.14. The van der Waals surface area contributed by atoms with Crippen LogP contribution < -0.4 is 10.1 Å². The molecule has 0 radical (unpaired) electrons. The van der Waals surface area contributed by atoms with Crippen LogP contribution in [0.2, 0.25) is 5.02 Å². The number of nitrogens with one attached hydrogen (secondary N) is 1. The molecule has 1 heterocycles. The molecule has 0 spiro atoms. The van der Waals surface area contributed by atoms with Gasteiger partial charge in [-0.05, 0) is 47.9 Å². The van der Waals surface area contributed by atoms with Crippen LogP contribution >= 0.6 is 27.5 Å². The van der Waals surface area contributed by atoms with E-state index in [2.05, 4.69) is 46.4 Å². The Labute approximate surface area is 138 Å². The highest BCUT2D eigenvalue weighted by molar-refractivity contribution is 9.10. The van der Waals surface area contributed by atoms with Gasteiger partial charge >= 0.3 is 0 Å². The molecule has 21 heavy (non-hydrogen) atoms. The number of hydrogen-bond acceptors (Lipinski definition) is 2. The summed E-state index contributed by atoms with van der Waals surface area (Å²) in [7, 11) is 0. The highest BCUT2D eigenvalue weighted by atomic mass is 79.9. The van der Waals surface area contributed by atoms with Crippen molar-refractivity contribution < 1.29 is 4.74 Å². The molecule has 0 aromatic heterocycles. The largest absolute Gasteiger partial charge is 0.493 e. The van der Waals surface area contributed by atoms with Gasteiger partial charge in [-0.15, -0.1) is 0 Å². The maximum absolute atomic E-state index is 6.28. The van der Waals surface area contributed by atoms with E-state index in [1.54, 1.807) is 0 Å². The minimum atomic E-state index is 0.239. The number of benzene rings is 2. The van der Waals surface area contributed by atoms with Gasteiger partial charge in [0.15, 0.2) is 0 Å². The Morgan fingerprint density at radius 3 is 2.95 bits per heavy atom. The Morgan fingerprint density at radius 1 is 1.29 bits per heavy atom. The minimum absolute atomic E-state index is 0.239. The molecular weight excluding hydrogens is 350 g/mol. The van der Waals surface area contributed by atoms with Crippen LogP contribution in [0.15, 0.2) is 40.9 Å². The van der Waals surface area contributed by atoms with E-state index >= 15 is 0 Å². The lowest BCUT2D eigenvalue weighted by Crippen LogP contribution is -2.10. The standard InChI is InChI=1S/C17H17BrClNO/c1-2-15(20-16-10-13(18)4-5-14(16)19)11-3-6-17-12(9-11)7-8-21-17/h3-6,9-10,15,20H,2,7-8H2,1H3. The van der Waals surface area contributed by atoms with Gasteiger partial charge in [0.1, 0.15) is 5.75 Å². The summed E-state index contributed by atoms with van der Waals surface area (Å²) in [5.41, 5.74) is 3.53. The van der Waals surface area contributed by atoms with Crippen molar-refractivity contribution in [3.05, 3.63) is 57.0 Å². The molecule has 0 bridgehead atoms. The molecule has 0 amide bonds. The molecule has 2 aromatic rings. The van der Waals surface area contributed by atoms with Crippen molar-refractivity contribution in [2.24, 2.45) is 0 Å². The van der Waals surface area contributed by atoms with E-state index in [1.807, 2.05) is 18.2 Å². The number of hydrogen-bond donors (Lipinski definition) is 1. The molecule has 1 N–H and O–H groups in total. The summed E-state index contributed by atoms with van der Waals surface area (Å²) >= 11 is 9.77. The van der Waals surface area contributed by atoms with Crippen LogP contribution in [0.4, 0.5) is 5.69 Å². The first-order valence-corrected chi connectivity index (χ1v) is 8.31. The molecule has 1 atom stereocenters. The zero-order valence-electron chi connectivity index (χ0n) is 11.8. The van der Waals surface area contributed by atoms with Gasteiger partial charge in [-0.1, -0.05) is 40.5 Å². The number of rotatable bonds is 4. The second kappa shape index (κ2) is 6.29. The van der Waals surface area contributed by atoms with Gasteiger partial charge in [-0.25, -0.2) is 0 Å². The van der Waals surface area contributed by atoms with E-state index in [1.165, 1.54) is 11.1 Å². The van der Waals surface area contributed by atoms with E-state index in [0.717, 1.165) is 40.4 Å². The Hall–Kier alpha value is -1.19. The number of ether oxygens (including phenoxy) is 1. The summed E-state index contributed by atoms with van der Waals surface area (Å²) in [6, 6.07) is 12.6. The van der Waals surface area contributed by atoms with Gasteiger partial charge in [0.05, 0.1) is 23.4 Å². The van der Waals surface area contributed by atoms with Crippen LogP contribution in [0, 0.1) is 0 Å². The molecule has 2 nitrogen and oxygen atoms in total. The number of anilines is 1. The fraction of sp³-hybridized carbons (Fsp3) is 0.294. The predicted octanol–water partition coefficient (Wildman–Crippen LogP) is 5.60. The third-order valence-corrected chi connectivity index (χ3v) is 4.61. The van der Waals surface area contributed by atoms with Gasteiger partial charge in [0, 0.05) is 10.9 Å². The maximum Gasteiger partial charge on any atom is 0.122 e. The Kier molecular flexibility index (Phi) is 4.41. The molecular formula is C17H17BrClNO. The lowest BCUT2D eigenvalue weighted by atomic mass is 10.0. The number of fused-ring (bicyclic) bond motifs is 1. The van der Waals surface area contributed by atoms with E-state index in [4.69, 9.17) is 16.3 Å². The van der Waals surface area contributed by atoms with Crippen molar-refractivity contribution in [2.45, 2.75) is 25.8 Å². The van der Waals surface area contributed by atoms with E-state index in [0.29, 0.717) is 0 Å². The van der Waals surface area contributed by atoms with Crippen molar-refractivity contribution in [3.63, 3.8) is 0 Å². The van der Waals surface area contributed by atoms with Crippen LogP contribution in [-0.2, 0) is 6.42 Å². The van der Waals surface area contributed by atoms with Crippen LogP contribution in [0.1, 0.15) is 30.5 Å². The molecule has 2 aromatic carbocycles. The fourth-order valence-electron chi connectivity index (χ4n) is 2.64. The van der Waals surface area contributed by atoms with E-state index in [9.17, 15) is 0 Å². The Bertz CT molecular complexity index is 659. The van der Waals surface area contributed by atoms with Crippen LogP contribution in [-0.4, -0.2) is 6.61 Å². The summed E-state index contributed by atoms with van der Waals surface area (Å²) in [6.07, 6.45) is 1.99. The Morgan fingerprint density at radius 2 is 2.14 bits per heavy atom.